The normalized spacial score (nSPS) is 10.0. The first-order valence-corrected chi connectivity index (χ1v) is 7.86. The Morgan fingerprint density at radius 3 is 2.52 bits per heavy atom. The van der Waals surface area contributed by atoms with Gasteiger partial charge in [-0.2, -0.15) is 0 Å². The molecule has 0 bridgehead atoms. The predicted molar refractivity (Wildman–Crippen MR) is 96.6 cm³/mol. The number of esters is 1. The summed E-state index contributed by atoms with van der Waals surface area (Å²) >= 11 is 0. The van der Waals surface area contributed by atoms with Gasteiger partial charge in [-0.3, -0.25) is 19.7 Å². The lowest BCUT2D eigenvalue weighted by molar-refractivity contribution is -0.385. The van der Waals surface area contributed by atoms with Crippen molar-refractivity contribution in [2.75, 3.05) is 19.0 Å². The summed E-state index contributed by atoms with van der Waals surface area (Å²) < 4.78 is 4.90. The number of nitrogens with one attached hydrogen (secondary N) is 2. The van der Waals surface area contributed by atoms with Gasteiger partial charge in [-0.15, -0.1) is 0 Å². The van der Waals surface area contributed by atoms with Gasteiger partial charge in [0.25, 0.3) is 17.5 Å². The van der Waals surface area contributed by atoms with Crippen molar-refractivity contribution in [1.82, 2.24) is 5.32 Å². The van der Waals surface area contributed by atoms with Crippen molar-refractivity contribution < 1.29 is 24.0 Å². The van der Waals surface area contributed by atoms with Crippen LogP contribution >= 0.6 is 0 Å². The Bertz CT molecular complexity index is 910. The first kappa shape index (κ1) is 19.6. The number of carbonyl (C=O) groups excluding carboxylic acids is 3. The van der Waals surface area contributed by atoms with Crippen molar-refractivity contribution in [3.8, 4) is 0 Å². The molecule has 0 saturated heterocycles. The van der Waals surface area contributed by atoms with Gasteiger partial charge in [0.05, 0.1) is 4.92 Å². The second-order valence-electron chi connectivity index (χ2n) is 5.51. The fraction of sp³-hybridized carbons (Fsp3) is 0.167. The molecule has 0 aromatic heterocycles. The number of ether oxygens (including phenoxy) is 1. The van der Waals surface area contributed by atoms with E-state index in [2.05, 4.69) is 10.6 Å². The highest BCUT2D eigenvalue weighted by Gasteiger charge is 2.24. The number of aryl methyl sites for hydroxylation is 1. The lowest BCUT2D eigenvalue weighted by atomic mass is 10.1. The summed E-state index contributed by atoms with van der Waals surface area (Å²) in [7, 11) is 1.48. The van der Waals surface area contributed by atoms with Crippen molar-refractivity contribution in [1.29, 1.82) is 0 Å². The van der Waals surface area contributed by atoms with Gasteiger partial charge in [0, 0.05) is 24.4 Å². The van der Waals surface area contributed by atoms with E-state index in [0.717, 1.165) is 0 Å². The second-order valence-corrected chi connectivity index (χ2v) is 5.51. The Hall–Kier alpha value is -3.75. The van der Waals surface area contributed by atoms with Gasteiger partial charge in [0.1, 0.15) is 5.56 Å². The average Bonchev–Trinajstić information content (AvgIpc) is 2.65. The van der Waals surface area contributed by atoms with E-state index in [1.807, 2.05) is 0 Å². The number of nitrogens with zero attached hydrogens (tertiary/aromatic N) is 1. The van der Waals surface area contributed by atoms with E-state index < -0.39 is 29.1 Å². The maximum absolute atomic E-state index is 12.2. The Kier molecular flexibility index (Phi) is 6.21. The molecular formula is C18H17N3O6. The molecule has 0 heterocycles. The summed E-state index contributed by atoms with van der Waals surface area (Å²) in [6.45, 7) is 0.905. The molecule has 27 heavy (non-hydrogen) atoms. The van der Waals surface area contributed by atoms with Crippen LogP contribution in [0.5, 0.6) is 0 Å². The van der Waals surface area contributed by atoms with E-state index in [-0.39, 0.29) is 11.5 Å². The topological polar surface area (TPSA) is 128 Å². The van der Waals surface area contributed by atoms with Crippen molar-refractivity contribution in [2.24, 2.45) is 0 Å². The minimum absolute atomic E-state index is 0.197. The summed E-state index contributed by atoms with van der Waals surface area (Å²) in [5.74, 6) is -1.92. The van der Waals surface area contributed by atoms with E-state index in [1.165, 1.54) is 38.2 Å². The summed E-state index contributed by atoms with van der Waals surface area (Å²) in [5.41, 5.74) is 0.477. The molecule has 0 radical (unpaired) electrons. The van der Waals surface area contributed by atoms with Crippen LogP contribution < -0.4 is 10.6 Å². The monoisotopic (exact) mass is 371 g/mol. The molecule has 0 aliphatic carbocycles. The smallest absolute Gasteiger partial charge is 0.345 e. The first-order valence-electron chi connectivity index (χ1n) is 7.86. The predicted octanol–water partition coefficient (Wildman–Crippen LogP) is 2.06. The molecule has 9 heteroatoms. The standard InChI is InChI=1S/C18H17N3O6/c1-11-5-3-8-14(21(25)26)16(11)18(24)27-10-15(22)20-13-7-4-6-12(9-13)17(23)19-2/h3-9H,10H2,1-2H3,(H,19,23)(H,20,22). The van der Waals surface area contributed by atoms with Crippen LogP contribution in [0.2, 0.25) is 0 Å². The fourth-order valence-corrected chi connectivity index (χ4v) is 2.35. The lowest BCUT2D eigenvalue weighted by Gasteiger charge is -2.09. The number of carbonyl (C=O) groups is 3. The maximum Gasteiger partial charge on any atom is 0.345 e. The largest absolute Gasteiger partial charge is 0.452 e. The van der Waals surface area contributed by atoms with Gasteiger partial charge in [-0.05, 0) is 30.7 Å². The third-order valence-corrected chi connectivity index (χ3v) is 3.62. The maximum atomic E-state index is 12.2. The number of anilines is 1. The second kappa shape index (κ2) is 8.56. The highest BCUT2D eigenvalue weighted by atomic mass is 16.6. The summed E-state index contributed by atoms with van der Waals surface area (Å²) in [5, 5.41) is 16.0. The number of nitro benzene ring substituents is 1. The number of amides is 2. The van der Waals surface area contributed by atoms with Crippen LogP contribution in [0.4, 0.5) is 11.4 Å². The van der Waals surface area contributed by atoms with E-state index in [9.17, 15) is 24.5 Å². The van der Waals surface area contributed by atoms with Gasteiger partial charge < -0.3 is 15.4 Å². The Morgan fingerprint density at radius 1 is 1.15 bits per heavy atom. The zero-order valence-corrected chi connectivity index (χ0v) is 14.6. The van der Waals surface area contributed by atoms with Crippen LogP contribution in [0.15, 0.2) is 42.5 Å². The first-order chi connectivity index (χ1) is 12.8. The van der Waals surface area contributed by atoms with Crippen molar-refractivity contribution in [2.45, 2.75) is 6.92 Å². The molecule has 0 atom stereocenters. The van der Waals surface area contributed by atoms with Crippen LogP contribution in [0.1, 0.15) is 26.3 Å². The summed E-state index contributed by atoms with van der Waals surface area (Å²) in [4.78, 5) is 46.1. The molecule has 2 aromatic rings. The van der Waals surface area contributed by atoms with E-state index in [4.69, 9.17) is 4.74 Å². The minimum atomic E-state index is -0.964. The number of rotatable bonds is 6. The molecule has 2 aromatic carbocycles. The van der Waals surface area contributed by atoms with E-state index in [1.54, 1.807) is 18.2 Å². The molecule has 9 nitrogen and oxygen atoms in total. The highest BCUT2D eigenvalue weighted by Crippen LogP contribution is 2.22. The van der Waals surface area contributed by atoms with Crippen LogP contribution in [-0.2, 0) is 9.53 Å². The SMILES string of the molecule is CNC(=O)c1cccc(NC(=O)COC(=O)c2c(C)cccc2[N+](=O)[O-])c1. The summed E-state index contributed by atoms with van der Waals surface area (Å²) in [6.07, 6.45) is 0. The fourth-order valence-electron chi connectivity index (χ4n) is 2.35. The summed E-state index contributed by atoms with van der Waals surface area (Å²) in [6, 6.07) is 10.4. The number of hydrogen-bond donors (Lipinski definition) is 2. The number of hydrogen-bond acceptors (Lipinski definition) is 6. The van der Waals surface area contributed by atoms with Crippen molar-refractivity contribution in [3.05, 3.63) is 69.3 Å². The quantitative estimate of drug-likeness (QED) is 0.454. The molecule has 0 unspecified atom stereocenters. The molecule has 140 valence electrons. The molecule has 2 amide bonds. The third kappa shape index (κ3) is 4.88. The lowest BCUT2D eigenvalue weighted by Crippen LogP contribution is -2.22. The van der Waals surface area contributed by atoms with Gasteiger partial charge in [0.2, 0.25) is 0 Å². The minimum Gasteiger partial charge on any atom is -0.452 e. The Morgan fingerprint density at radius 2 is 1.85 bits per heavy atom. The van der Waals surface area contributed by atoms with Crippen molar-refractivity contribution >= 4 is 29.2 Å². The molecule has 0 fully saturated rings. The third-order valence-electron chi connectivity index (χ3n) is 3.62. The number of benzene rings is 2. The molecule has 0 spiro atoms. The van der Waals surface area contributed by atoms with Gasteiger partial charge in [0.15, 0.2) is 6.61 Å². The van der Waals surface area contributed by atoms with E-state index in [0.29, 0.717) is 16.8 Å². The zero-order chi connectivity index (χ0) is 20.0. The van der Waals surface area contributed by atoms with Crippen LogP contribution in [0.3, 0.4) is 0 Å². The molecule has 0 aliphatic rings. The Labute approximate surface area is 154 Å². The molecular weight excluding hydrogens is 354 g/mol. The molecule has 0 aliphatic heterocycles. The Balaban J connectivity index is 2.03. The van der Waals surface area contributed by atoms with E-state index >= 15 is 0 Å². The highest BCUT2D eigenvalue weighted by molar-refractivity contribution is 5.99. The van der Waals surface area contributed by atoms with Crippen LogP contribution in [-0.4, -0.2) is 36.4 Å². The van der Waals surface area contributed by atoms with Gasteiger partial charge >= 0.3 is 5.97 Å². The van der Waals surface area contributed by atoms with Gasteiger partial charge in [-0.1, -0.05) is 18.2 Å². The average molecular weight is 371 g/mol. The molecule has 0 saturated carbocycles. The molecule has 2 rings (SSSR count). The van der Waals surface area contributed by atoms with Crippen LogP contribution in [0.25, 0.3) is 0 Å². The zero-order valence-electron chi connectivity index (χ0n) is 14.6. The molecule has 2 N–H and O–H groups in total. The number of nitro groups is 1. The van der Waals surface area contributed by atoms with Gasteiger partial charge in [-0.25, -0.2) is 4.79 Å². The van der Waals surface area contributed by atoms with Crippen LogP contribution in [0, 0.1) is 17.0 Å². The van der Waals surface area contributed by atoms with Crippen molar-refractivity contribution in [3.63, 3.8) is 0 Å².